The van der Waals surface area contributed by atoms with E-state index in [1.165, 1.54) is 35.4 Å². The van der Waals surface area contributed by atoms with Gasteiger partial charge in [-0.3, -0.25) is 9.59 Å². The van der Waals surface area contributed by atoms with E-state index >= 15 is 0 Å². The summed E-state index contributed by atoms with van der Waals surface area (Å²) < 4.78 is 0. The summed E-state index contributed by atoms with van der Waals surface area (Å²) in [5.74, 6) is -5.11. The van der Waals surface area contributed by atoms with Crippen molar-refractivity contribution in [3.63, 3.8) is 0 Å². The van der Waals surface area contributed by atoms with Gasteiger partial charge in [-0.25, -0.2) is 0 Å². The molecule has 0 aromatic heterocycles. The van der Waals surface area contributed by atoms with E-state index in [0.717, 1.165) is 36.8 Å². The molecule has 6 rings (SSSR count). The molecule has 2 atom stereocenters. The third kappa shape index (κ3) is 7.80. The number of carbonyl (C=O) groups excluding carboxylic acids is 2. The van der Waals surface area contributed by atoms with Crippen LogP contribution in [0.4, 0.5) is 0 Å². The fourth-order valence-corrected chi connectivity index (χ4v) is 8.61. The van der Waals surface area contributed by atoms with E-state index < -0.39 is 34.9 Å². The topological polar surface area (TPSA) is 156 Å². The molecule has 8 heteroatoms. The number of hydrogen-bond acceptors (Lipinski definition) is 8. The van der Waals surface area contributed by atoms with Crippen molar-refractivity contribution < 1.29 is 40.2 Å². The van der Waals surface area contributed by atoms with Gasteiger partial charge in [-0.15, -0.1) is 0 Å². The predicted octanol–water partition coefficient (Wildman–Crippen LogP) is 11.1. The Morgan fingerprint density at radius 3 is 1.17 bits per heavy atom. The number of phenols is 6. The van der Waals surface area contributed by atoms with Gasteiger partial charge in [0.1, 0.15) is 34.5 Å². The number of rotatable bonds is 11. The number of fused-ring (bicyclic) bond motifs is 4. The third-order valence-electron chi connectivity index (χ3n) is 11.5. The maximum absolute atomic E-state index is 14.5. The van der Waals surface area contributed by atoms with Gasteiger partial charge in [0.25, 0.3) is 0 Å². The summed E-state index contributed by atoms with van der Waals surface area (Å²) in [6.07, 6.45) is 11.6. The molecule has 0 amide bonds. The molecule has 0 radical (unpaired) electrons. The molecule has 58 heavy (non-hydrogen) atoms. The highest BCUT2D eigenvalue weighted by Crippen LogP contribution is 2.58. The molecule has 0 spiro atoms. The van der Waals surface area contributed by atoms with Gasteiger partial charge >= 0.3 is 0 Å². The molecule has 0 heterocycles. The fraction of sp³-hybridized carbons (Fsp3) is 0.320. The van der Waals surface area contributed by atoms with E-state index in [2.05, 4.69) is 12.2 Å². The van der Waals surface area contributed by atoms with Gasteiger partial charge < -0.3 is 30.6 Å². The summed E-state index contributed by atoms with van der Waals surface area (Å²) in [7, 11) is 0. The maximum atomic E-state index is 14.5. The number of aryl methyl sites for hydroxylation is 2. The van der Waals surface area contributed by atoms with Crippen LogP contribution in [0.3, 0.4) is 0 Å². The van der Waals surface area contributed by atoms with Crippen LogP contribution in [0.25, 0.3) is 0 Å². The predicted molar refractivity (Wildman–Crippen MR) is 228 cm³/mol. The summed E-state index contributed by atoms with van der Waals surface area (Å²) in [5.41, 5.74) is 6.99. The average Bonchev–Trinajstić information content (AvgIpc) is 3.11. The van der Waals surface area contributed by atoms with Gasteiger partial charge in [-0.2, -0.15) is 0 Å². The molecule has 0 fully saturated rings. The number of ketones is 2. The number of benzene rings is 4. The standard InChI is InChI=1S/C50H54O8/c1-25(2)11-9-13-27(5)15-17-31-37(51)23-35-41(33-19-29(7)21-39(53)43(33)49(57)45(35)47(31)55)42-34-20-30(8)22-40(54)44(34)50(58)46-36(42)24-38(52)32(48(46)56)18-16-28(6)14-10-12-26(3)4/h11-12,15-16,19-24,41-42,51-56H,9-10,13-14,17-18H2,1-8H3/b27-15+,28-16+/t41-,42+. The van der Waals surface area contributed by atoms with Crippen molar-refractivity contribution in [2.75, 3.05) is 0 Å². The van der Waals surface area contributed by atoms with Gasteiger partial charge in [-0.05, 0) is 152 Å². The van der Waals surface area contributed by atoms with Crippen molar-refractivity contribution in [1.29, 1.82) is 0 Å². The molecule has 302 valence electrons. The molecule has 8 nitrogen and oxygen atoms in total. The molecule has 2 aliphatic carbocycles. The Hall–Kier alpha value is -6.02. The van der Waals surface area contributed by atoms with Crippen molar-refractivity contribution in [2.24, 2.45) is 0 Å². The monoisotopic (exact) mass is 782 g/mol. The van der Waals surface area contributed by atoms with Crippen LogP contribution in [0.2, 0.25) is 0 Å². The minimum absolute atomic E-state index is 0.0425. The Balaban J connectivity index is 1.59. The molecule has 0 saturated heterocycles. The van der Waals surface area contributed by atoms with Gasteiger partial charge in [0.2, 0.25) is 11.6 Å². The summed E-state index contributed by atoms with van der Waals surface area (Å²) in [6, 6.07) is 9.37. The van der Waals surface area contributed by atoms with Gasteiger partial charge in [-0.1, -0.05) is 58.7 Å². The summed E-state index contributed by atoms with van der Waals surface area (Å²) >= 11 is 0. The van der Waals surface area contributed by atoms with Gasteiger partial charge in [0, 0.05) is 23.0 Å². The summed E-state index contributed by atoms with van der Waals surface area (Å²) in [5, 5.41) is 70.2. The lowest BCUT2D eigenvalue weighted by Gasteiger charge is -2.39. The van der Waals surface area contributed by atoms with E-state index in [0.29, 0.717) is 22.3 Å². The molecule has 0 saturated carbocycles. The molecule has 0 bridgehead atoms. The van der Waals surface area contributed by atoms with E-state index in [4.69, 9.17) is 0 Å². The first-order valence-electron chi connectivity index (χ1n) is 19.9. The first-order chi connectivity index (χ1) is 27.4. The lowest BCUT2D eigenvalue weighted by atomic mass is 9.63. The number of carbonyl (C=O) groups is 2. The molecule has 0 unspecified atom stereocenters. The first-order valence-corrected chi connectivity index (χ1v) is 19.9. The zero-order valence-electron chi connectivity index (χ0n) is 34.7. The van der Waals surface area contributed by atoms with Crippen LogP contribution in [0.15, 0.2) is 83.0 Å². The largest absolute Gasteiger partial charge is 0.508 e. The highest BCUT2D eigenvalue weighted by atomic mass is 16.3. The average molecular weight is 783 g/mol. The van der Waals surface area contributed by atoms with Crippen molar-refractivity contribution in [2.45, 2.75) is 106 Å². The number of allylic oxidation sites excluding steroid dienone is 8. The molecule has 0 aliphatic heterocycles. The Morgan fingerprint density at radius 1 is 0.483 bits per heavy atom. The zero-order chi connectivity index (χ0) is 42.3. The first kappa shape index (κ1) is 41.6. The summed E-state index contributed by atoms with van der Waals surface area (Å²) in [4.78, 5) is 29.0. The minimum atomic E-state index is -0.964. The second-order valence-electron chi connectivity index (χ2n) is 16.6. The molecule has 2 aliphatic rings. The number of hydrogen-bond donors (Lipinski definition) is 6. The SMILES string of the molecule is CC(C)=CCC/C(C)=C/Cc1c(O)cc2c(c1O)C(=O)c1c(O)cc(C)cc1[C@H]2[C@H]1c2cc(C)cc(O)c2C(=O)c2c1cc(O)c(C/C=C(\C)CCC=C(C)C)c2O. The van der Waals surface area contributed by atoms with Gasteiger partial charge in [0.05, 0.1) is 22.3 Å². The fourth-order valence-electron chi connectivity index (χ4n) is 8.61. The van der Waals surface area contributed by atoms with Crippen molar-refractivity contribution in [3.05, 3.63) is 150 Å². The Kier molecular flexibility index (Phi) is 11.8. The van der Waals surface area contributed by atoms with Crippen molar-refractivity contribution in [1.82, 2.24) is 0 Å². The second kappa shape index (κ2) is 16.5. The molecular weight excluding hydrogens is 729 g/mol. The molecular formula is C50H54O8. The van der Waals surface area contributed by atoms with Crippen molar-refractivity contribution >= 4 is 11.6 Å². The lowest BCUT2D eigenvalue weighted by Crippen LogP contribution is -2.30. The van der Waals surface area contributed by atoms with E-state index in [-0.39, 0.29) is 80.3 Å². The smallest absolute Gasteiger partial charge is 0.201 e. The lowest BCUT2D eigenvalue weighted by molar-refractivity contribution is 0.101. The van der Waals surface area contributed by atoms with Crippen LogP contribution < -0.4 is 0 Å². The van der Waals surface area contributed by atoms with Gasteiger partial charge in [0.15, 0.2) is 0 Å². The maximum Gasteiger partial charge on any atom is 0.201 e. The van der Waals surface area contributed by atoms with Crippen molar-refractivity contribution in [3.8, 4) is 34.5 Å². The quantitative estimate of drug-likeness (QED) is 0.0821. The number of aromatic hydroxyl groups is 6. The summed E-state index contributed by atoms with van der Waals surface area (Å²) in [6.45, 7) is 15.6. The number of phenolic OH excluding ortho intramolecular Hbond substituents is 6. The Bertz CT molecular complexity index is 2310. The van der Waals surface area contributed by atoms with Crippen LogP contribution in [-0.2, 0) is 12.8 Å². The van der Waals surface area contributed by atoms with Crippen LogP contribution in [-0.4, -0.2) is 42.2 Å². The molecule has 4 aromatic rings. The molecule has 4 aromatic carbocycles. The van der Waals surface area contributed by atoms with Crippen LogP contribution in [0, 0.1) is 13.8 Å². The minimum Gasteiger partial charge on any atom is -0.508 e. The van der Waals surface area contributed by atoms with E-state index in [1.54, 1.807) is 26.0 Å². The van der Waals surface area contributed by atoms with Crippen LogP contribution >= 0.6 is 0 Å². The van der Waals surface area contributed by atoms with Crippen LogP contribution in [0.1, 0.15) is 155 Å². The second-order valence-corrected chi connectivity index (χ2v) is 16.6. The highest BCUT2D eigenvalue weighted by molar-refractivity contribution is 6.18. The Morgan fingerprint density at radius 2 is 0.828 bits per heavy atom. The normalized spacial score (nSPS) is 16.0. The van der Waals surface area contributed by atoms with E-state index in [1.807, 2.05) is 53.7 Å². The Labute approximate surface area is 340 Å². The molecule has 6 N–H and O–H groups in total. The highest BCUT2D eigenvalue weighted by Gasteiger charge is 2.47. The van der Waals surface area contributed by atoms with Crippen LogP contribution in [0.5, 0.6) is 34.5 Å². The zero-order valence-corrected chi connectivity index (χ0v) is 34.7. The third-order valence-corrected chi connectivity index (χ3v) is 11.5. The van der Waals surface area contributed by atoms with E-state index in [9.17, 15) is 40.2 Å².